The number of ketones is 3. The molecule has 49 heavy (non-hydrogen) atoms. The van der Waals surface area contributed by atoms with Crippen LogP contribution in [-0.2, 0) is 57.2 Å². The number of hydrogen-bond acceptors (Lipinski definition) is 14. The Morgan fingerprint density at radius 3 is 2.06 bits per heavy atom. The Labute approximate surface area is 282 Å². The predicted molar refractivity (Wildman–Crippen MR) is 161 cm³/mol. The molecular formula is C35H44O14. The molecule has 0 spiro atoms. The number of esters is 4. The van der Waals surface area contributed by atoms with E-state index in [9.17, 15) is 43.8 Å². The van der Waals surface area contributed by atoms with E-state index in [1.807, 2.05) is 0 Å². The molecule has 268 valence electrons. The highest BCUT2D eigenvalue weighted by atomic mass is 16.6. The summed E-state index contributed by atoms with van der Waals surface area (Å²) in [5.74, 6) is -11.1. The van der Waals surface area contributed by atoms with Gasteiger partial charge in [0.15, 0.2) is 11.9 Å². The molecule has 0 aromatic rings. The van der Waals surface area contributed by atoms with Crippen molar-refractivity contribution in [2.45, 2.75) is 122 Å². The van der Waals surface area contributed by atoms with Crippen LogP contribution in [0, 0.1) is 51.8 Å². The molecule has 7 rings (SSSR count). The van der Waals surface area contributed by atoms with Gasteiger partial charge >= 0.3 is 23.9 Å². The molecule has 0 amide bonds. The summed E-state index contributed by atoms with van der Waals surface area (Å²) in [4.78, 5) is 94.7. The molecule has 14 heteroatoms. The lowest BCUT2D eigenvalue weighted by Gasteiger charge is -2.63. The Morgan fingerprint density at radius 2 is 1.49 bits per heavy atom. The van der Waals surface area contributed by atoms with Gasteiger partial charge in [-0.05, 0) is 52.4 Å². The minimum Gasteiger partial charge on any atom is -0.462 e. The fourth-order valence-corrected chi connectivity index (χ4v) is 12.6. The SMILES string of the molecule is CC(=O)OC1CC2(C(C)=O)C3CCC4OC(=O)C(C)(OC(C)=O)C4(C)C3C(O)C2C2C(OC(C)=O)C(=O)C3CC4OC4C(O)C3(C(C)=O)C12. The van der Waals surface area contributed by atoms with Crippen LogP contribution in [0.1, 0.15) is 74.1 Å². The zero-order valence-corrected chi connectivity index (χ0v) is 28.6. The molecule has 7 fully saturated rings. The number of carbonyl (C=O) groups excluding carboxylic acids is 7. The van der Waals surface area contributed by atoms with Crippen LogP contribution in [0.3, 0.4) is 0 Å². The van der Waals surface area contributed by atoms with Crippen molar-refractivity contribution < 1.29 is 67.5 Å². The van der Waals surface area contributed by atoms with E-state index in [1.165, 1.54) is 27.7 Å². The normalized spacial score (nSPS) is 51.7. The average molecular weight is 689 g/mol. The van der Waals surface area contributed by atoms with Crippen LogP contribution >= 0.6 is 0 Å². The lowest BCUT2D eigenvalue weighted by atomic mass is 9.40. The molecule has 17 atom stereocenters. The van der Waals surface area contributed by atoms with Crippen molar-refractivity contribution in [2.24, 2.45) is 51.8 Å². The van der Waals surface area contributed by atoms with Crippen molar-refractivity contribution in [2.75, 3.05) is 0 Å². The highest BCUT2D eigenvalue weighted by molar-refractivity contribution is 5.98. The molecule has 17 unspecified atom stereocenters. The largest absolute Gasteiger partial charge is 0.462 e. The number of Topliss-reactive ketones (excluding diaryl/α,β-unsaturated/α-hetero) is 3. The van der Waals surface area contributed by atoms with Crippen LogP contribution in [0.15, 0.2) is 0 Å². The van der Waals surface area contributed by atoms with E-state index in [2.05, 4.69) is 0 Å². The second-order valence-electron chi connectivity index (χ2n) is 15.9. The minimum atomic E-state index is -1.87. The highest BCUT2D eigenvalue weighted by Crippen LogP contribution is 2.75. The van der Waals surface area contributed by atoms with Crippen LogP contribution in [0.25, 0.3) is 0 Å². The number of epoxide rings is 1. The Kier molecular flexibility index (Phi) is 7.43. The molecule has 2 N–H and O–H groups in total. The molecule has 7 aliphatic rings. The molecule has 0 bridgehead atoms. The first kappa shape index (κ1) is 34.2. The third kappa shape index (κ3) is 4.02. The second kappa shape index (κ2) is 10.6. The standard InChI is InChI=1S/C35H44O14/c1-12(36)34-11-20(45-14(3)38)24-22(29(46-15(4)39)26(41)18-10-19-28(47-19)30(43)35(18,24)13(2)37)25(34)27(42)23-17(34)8-9-21-32(23,6)33(7,31(44)48-21)49-16(5)40/h17-25,27-30,42-43H,8-11H2,1-7H3. The van der Waals surface area contributed by atoms with Crippen molar-refractivity contribution >= 4 is 41.2 Å². The van der Waals surface area contributed by atoms with E-state index < -0.39 is 136 Å². The van der Waals surface area contributed by atoms with Gasteiger partial charge in [0.2, 0.25) is 5.60 Å². The number of aliphatic hydroxyl groups is 2. The Bertz CT molecular complexity index is 1570. The van der Waals surface area contributed by atoms with Gasteiger partial charge in [-0.3, -0.25) is 28.8 Å². The smallest absolute Gasteiger partial charge is 0.351 e. The maximum Gasteiger partial charge on any atom is 0.351 e. The van der Waals surface area contributed by atoms with Crippen LogP contribution in [0.4, 0.5) is 0 Å². The molecule has 5 saturated carbocycles. The molecule has 5 aliphatic carbocycles. The summed E-state index contributed by atoms with van der Waals surface area (Å²) in [6.45, 7) is 9.20. The van der Waals surface area contributed by atoms with Crippen LogP contribution in [0.5, 0.6) is 0 Å². The van der Waals surface area contributed by atoms with Gasteiger partial charge in [-0.15, -0.1) is 0 Å². The molecule has 2 aliphatic heterocycles. The highest BCUT2D eigenvalue weighted by Gasteiger charge is 2.84. The zero-order valence-electron chi connectivity index (χ0n) is 28.6. The Morgan fingerprint density at radius 1 is 0.837 bits per heavy atom. The fraction of sp³-hybridized carbons (Fsp3) is 0.800. The van der Waals surface area contributed by atoms with Gasteiger partial charge in [0.25, 0.3) is 0 Å². The molecule has 2 heterocycles. The van der Waals surface area contributed by atoms with Crippen molar-refractivity contribution in [1.29, 1.82) is 0 Å². The molecule has 0 aromatic carbocycles. The van der Waals surface area contributed by atoms with Gasteiger partial charge in [0, 0.05) is 55.8 Å². The summed E-state index contributed by atoms with van der Waals surface area (Å²) < 4.78 is 29.1. The molecule has 2 saturated heterocycles. The van der Waals surface area contributed by atoms with E-state index >= 15 is 0 Å². The molecular weight excluding hydrogens is 644 g/mol. The topological polar surface area (TPSA) is 209 Å². The summed E-state index contributed by atoms with van der Waals surface area (Å²) in [5, 5.41) is 24.8. The third-order valence-electron chi connectivity index (χ3n) is 14.2. The number of fused-ring (bicyclic) bond motifs is 10. The average Bonchev–Trinajstić information content (AvgIpc) is 3.68. The fourth-order valence-electron chi connectivity index (χ4n) is 12.6. The number of ether oxygens (including phenoxy) is 5. The van der Waals surface area contributed by atoms with Gasteiger partial charge in [0.1, 0.15) is 29.9 Å². The number of aliphatic hydroxyl groups excluding tert-OH is 2. The van der Waals surface area contributed by atoms with Crippen molar-refractivity contribution in [1.82, 2.24) is 0 Å². The first-order chi connectivity index (χ1) is 22.8. The predicted octanol–water partition coefficient (Wildman–Crippen LogP) is 0.638. The second-order valence-corrected chi connectivity index (χ2v) is 15.9. The lowest BCUT2D eigenvalue weighted by Crippen LogP contribution is -2.74. The monoisotopic (exact) mass is 688 g/mol. The number of rotatable bonds is 5. The van der Waals surface area contributed by atoms with E-state index in [1.54, 1.807) is 6.92 Å². The molecule has 0 radical (unpaired) electrons. The zero-order chi connectivity index (χ0) is 35.9. The van der Waals surface area contributed by atoms with Crippen LogP contribution < -0.4 is 0 Å². The first-order valence-corrected chi connectivity index (χ1v) is 17.1. The summed E-state index contributed by atoms with van der Waals surface area (Å²) in [6, 6.07) is 0. The van der Waals surface area contributed by atoms with E-state index in [0.29, 0.717) is 0 Å². The van der Waals surface area contributed by atoms with Crippen molar-refractivity contribution in [3.63, 3.8) is 0 Å². The summed E-state index contributed by atoms with van der Waals surface area (Å²) in [7, 11) is 0. The maximum atomic E-state index is 14.7. The number of carbonyl (C=O) groups is 7. The first-order valence-electron chi connectivity index (χ1n) is 17.1. The molecule has 14 nitrogen and oxygen atoms in total. The van der Waals surface area contributed by atoms with Gasteiger partial charge in [-0.1, -0.05) is 6.92 Å². The van der Waals surface area contributed by atoms with Crippen molar-refractivity contribution in [3.8, 4) is 0 Å². The lowest BCUT2D eigenvalue weighted by molar-refractivity contribution is -0.238. The van der Waals surface area contributed by atoms with Gasteiger partial charge in [-0.2, -0.15) is 0 Å². The van der Waals surface area contributed by atoms with Gasteiger partial charge in [-0.25, -0.2) is 4.79 Å². The summed E-state index contributed by atoms with van der Waals surface area (Å²) in [5.41, 5.74) is -6.63. The van der Waals surface area contributed by atoms with E-state index in [4.69, 9.17) is 23.7 Å². The van der Waals surface area contributed by atoms with Crippen LogP contribution in [0.2, 0.25) is 0 Å². The van der Waals surface area contributed by atoms with E-state index in [0.717, 1.165) is 13.8 Å². The van der Waals surface area contributed by atoms with E-state index in [-0.39, 0.29) is 31.5 Å². The molecule has 0 aromatic heterocycles. The van der Waals surface area contributed by atoms with Crippen molar-refractivity contribution in [3.05, 3.63) is 0 Å². The van der Waals surface area contributed by atoms with Gasteiger partial charge in [0.05, 0.1) is 29.1 Å². The quantitative estimate of drug-likeness (QED) is 0.231. The summed E-state index contributed by atoms with van der Waals surface area (Å²) in [6.07, 6.45) is -7.46. The Balaban J connectivity index is 1.50. The van der Waals surface area contributed by atoms with Crippen LogP contribution in [-0.4, -0.2) is 99.8 Å². The summed E-state index contributed by atoms with van der Waals surface area (Å²) >= 11 is 0. The van der Waals surface area contributed by atoms with Gasteiger partial charge < -0.3 is 33.9 Å². The Hall–Kier alpha value is -3.23. The third-order valence-corrected chi connectivity index (χ3v) is 14.2. The minimum absolute atomic E-state index is 0.0597. The maximum absolute atomic E-state index is 14.7. The number of hydrogen-bond donors (Lipinski definition) is 2.